The number of thiophene rings is 1. The quantitative estimate of drug-likeness (QED) is 0.239. The van der Waals surface area contributed by atoms with E-state index in [1.165, 1.54) is 42.4 Å². The summed E-state index contributed by atoms with van der Waals surface area (Å²) in [5.74, 6) is 1.54. The fourth-order valence-electron chi connectivity index (χ4n) is 5.36. The molecule has 2 nitrogen and oxygen atoms in total. The molecular weight excluding hydrogens is 470 g/mol. The van der Waals surface area contributed by atoms with Crippen LogP contribution in [-0.2, 0) is 11.8 Å². The fourth-order valence-corrected chi connectivity index (χ4v) is 6.67. The van der Waals surface area contributed by atoms with Gasteiger partial charge in [-0.1, -0.05) is 71.0 Å². The van der Waals surface area contributed by atoms with Crippen LogP contribution in [0.2, 0.25) is 0 Å². The Morgan fingerprint density at radius 2 is 1.65 bits per heavy atom. The number of fused-ring (bicyclic) bond motifs is 3. The van der Waals surface area contributed by atoms with E-state index in [4.69, 9.17) is 9.40 Å². The van der Waals surface area contributed by atoms with Crippen molar-refractivity contribution in [2.24, 2.45) is 5.92 Å². The summed E-state index contributed by atoms with van der Waals surface area (Å²) >= 11 is 1.91. The van der Waals surface area contributed by atoms with Crippen molar-refractivity contribution in [1.82, 2.24) is 4.98 Å². The molecule has 0 saturated heterocycles. The Morgan fingerprint density at radius 1 is 0.838 bits per heavy atom. The van der Waals surface area contributed by atoms with Crippen LogP contribution in [0.3, 0.4) is 0 Å². The summed E-state index contributed by atoms with van der Waals surface area (Å²) in [6.07, 6.45) is 1.12. The molecule has 0 aliphatic rings. The first-order valence-electron chi connectivity index (χ1n) is 13.1. The van der Waals surface area contributed by atoms with Gasteiger partial charge < -0.3 is 4.42 Å². The van der Waals surface area contributed by atoms with E-state index < -0.39 is 0 Å². The predicted molar refractivity (Wildman–Crippen MR) is 160 cm³/mol. The van der Waals surface area contributed by atoms with E-state index in [1.807, 2.05) is 18.3 Å². The summed E-state index contributed by atoms with van der Waals surface area (Å²) in [4.78, 5) is 6.47. The number of rotatable bonds is 4. The van der Waals surface area contributed by atoms with Gasteiger partial charge in [0.05, 0.1) is 5.69 Å². The molecule has 0 bridgehead atoms. The topological polar surface area (TPSA) is 26.0 Å². The molecule has 0 spiro atoms. The summed E-state index contributed by atoms with van der Waals surface area (Å²) in [5.41, 5.74) is 6.48. The highest BCUT2D eigenvalue weighted by Gasteiger charge is 2.20. The molecule has 37 heavy (non-hydrogen) atoms. The highest BCUT2D eigenvalue weighted by molar-refractivity contribution is 7.19. The monoisotopic (exact) mass is 503 g/mol. The highest BCUT2D eigenvalue weighted by atomic mass is 32.1. The van der Waals surface area contributed by atoms with Crippen LogP contribution in [0, 0.1) is 12.8 Å². The zero-order chi connectivity index (χ0) is 25.9. The number of pyridine rings is 1. The molecule has 0 atom stereocenters. The van der Waals surface area contributed by atoms with Crippen molar-refractivity contribution < 1.29 is 4.42 Å². The van der Waals surface area contributed by atoms with E-state index in [-0.39, 0.29) is 5.41 Å². The van der Waals surface area contributed by atoms with Crippen LogP contribution in [0.15, 0.2) is 77.2 Å². The van der Waals surface area contributed by atoms with Gasteiger partial charge >= 0.3 is 0 Å². The number of hydrogen-bond acceptors (Lipinski definition) is 3. The van der Waals surface area contributed by atoms with Gasteiger partial charge in [0.2, 0.25) is 5.71 Å². The maximum absolute atomic E-state index is 6.10. The average molecular weight is 504 g/mol. The maximum atomic E-state index is 6.10. The Kier molecular flexibility index (Phi) is 5.72. The standard InChI is InChI=1S/C34H33NOS/c1-20(2)13-26-16-24-12-11-23(18-32(24)37-26)28-19-31(35-33-29(28)14-21(3)36-33)25-15-22-9-7-8-10-27(22)30(17-25)34(4,5)6/h7-12,14-20H,13H2,1-6H3. The minimum Gasteiger partial charge on any atom is -0.443 e. The number of furan rings is 1. The fraction of sp³-hybridized carbons (Fsp3) is 0.265. The molecule has 0 aliphatic heterocycles. The van der Waals surface area contributed by atoms with E-state index in [1.54, 1.807) is 0 Å². The summed E-state index contributed by atoms with van der Waals surface area (Å²) in [6, 6.07) is 26.8. The lowest BCUT2D eigenvalue weighted by Gasteiger charge is -2.22. The van der Waals surface area contributed by atoms with Gasteiger partial charge in [0.1, 0.15) is 5.76 Å². The zero-order valence-corrected chi connectivity index (χ0v) is 23.3. The maximum Gasteiger partial charge on any atom is 0.227 e. The molecule has 3 aromatic carbocycles. The van der Waals surface area contributed by atoms with E-state index in [0.717, 1.165) is 28.8 Å². The third kappa shape index (κ3) is 4.46. The first-order chi connectivity index (χ1) is 17.7. The van der Waals surface area contributed by atoms with Gasteiger partial charge in [-0.15, -0.1) is 11.3 Å². The molecule has 0 amide bonds. The summed E-state index contributed by atoms with van der Waals surface area (Å²) < 4.78 is 7.44. The SMILES string of the molecule is Cc1cc2c(-c3ccc4cc(CC(C)C)sc4c3)cc(-c3cc(C(C)(C)C)c4ccccc4c3)nc2o1. The van der Waals surface area contributed by atoms with Crippen molar-refractivity contribution in [2.45, 2.75) is 53.4 Å². The number of aromatic nitrogens is 1. The van der Waals surface area contributed by atoms with Crippen molar-refractivity contribution in [3.05, 3.63) is 89.0 Å². The van der Waals surface area contributed by atoms with Crippen molar-refractivity contribution >= 4 is 43.3 Å². The van der Waals surface area contributed by atoms with Gasteiger partial charge in [0.15, 0.2) is 0 Å². The molecule has 186 valence electrons. The molecular formula is C34H33NOS. The van der Waals surface area contributed by atoms with Gasteiger partial charge in [-0.25, -0.2) is 4.98 Å². The molecule has 6 rings (SSSR count). The summed E-state index contributed by atoms with van der Waals surface area (Å²) in [6.45, 7) is 13.4. The Hall–Kier alpha value is -3.43. The van der Waals surface area contributed by atoms with Gasteiger partial charge in [-0.3, -0.25) is 0 Å². The molecule has 3 heteroatoms. The van der Waals surface area contributed by atoms with E-state index in [9.17, 15) is 0 Å². The van der Waals surface area contributed by atoms with Crippen LogP contribution >= 0.6 is 11.3 Å². The molecule has 3 heterocycles. The lowest BCUT2D eigenvalue weighted by molar-refractivity contribution is 0.568. The lowest BCUT2D eigenvalue weighted by atomic mass is 9.82. The van der Waals surface area contributed by atoms with Gasteiger partial charge in [-0.05, 0) is 93.9 Å². The molecule has 3 aromatic heterocycles. The van der Waals surface area contributed by atoms with Gasteiger partial charge in [-0.2, -0.15) is 0 Å². The number of aryl methyl sites for hydroxylation is 1. The molecule has 6 aromatic rings. The van der Waals surface area contributed by atoms with Crippen molar-refractivity contribution in [3.63, 3.8) is 0 Å². The first-order valence-corrected chi connectivity index (χ1v) is 13.9. The molecule has 0 aliphatic carbocycles. The van der Waals surface area contributed by atoms with Gasteiger partial charge in [0, 0.05) is 20.5 Å². The van der Waals surface area contributed by atoms with Crippen LogP contribution in [0.4, 0.5) is 0 Å². The van der Waals surface area contributed by atoms with Crippen LogP contribution in [-0.4, -0.2) is 4.98 Å². The molecule has 0 saturated carbocycles. The Balaban J connectivity index is 1.56. The highest BCUT2D eigenvalue weighted by Crippen LogP contribution is 2.39. The first kappa shape index (κ1) is 23.9. The number of hydrogen-bond donors (Lipinski definition) is 0. The van der Waals surface area contributed by atoms with Crippen molar-refractivity contribution in [3.8, 4) is 22.4 Å². The predicted octanol–water partition coefficient (Wildman–Crippen LogP) is 10.3. The molecule has 0 fully saturated rings. The van der Waals surface area contributed by atoms with Crippen LogP contribution < -0.4 is 0 Å². The summed E-state index contributed by atoms with van der Waals surface area (Å²) in [5, 5.41) is 4.93. The minimum atomic E-state index is 0.0156. The second-order valence-corrected chi connectivity index (χ2v) is 12.9. The third-order valence-corrected chi connectivity index (χ3v) is 8.21. The minimum absolute atomic E-state index is 0.0156. The normalized spacial score (nSPS) is 12.4. The van der Waals surface area contributed by atoms with E-state index in [0.29, 0.717) is 11.6 Å². The van der Waals surface area contributed by atoms with Crippen molar-refractivity contribution in [1.29, 1.82) is 0 Å². The van der Waals surface area contributed by atoms with Crippen LogP contribution in [0.5, 0.6) is 0 Å². The second-order valence-electron chi connectivity index (χ2n) is 11.7. The van der Waals surface area contributed by atoms with E-state index >= 15 is 0 Å². The zero-order valence-electron chi connectivity index (χ0n) is 22.5. The molecule has 0 unspecified atom stereocenters. The van der Waals surface area contributed by atoms with E-state index in [2.05, 4.69) is 107 Å². The average Bonchev–Trinajstić information content (AvgIpc) is 3.42. The largest absolute Gasteiger partial charge is 0.443 e. The third-order valence-electron chi connectivity index (χ3n) is 7.09. The summed E-state index contributed by atoms with van der Waals surface area (Å²) in [7, 11) is 0. The lowest BCUT2D eigenvalue weighted by Crippen LogP contribution is -2.12. The number of nitrogens with zero attached hydrogens (tertiary/aromatic N) is 1. The smallest absolute Gasteiger partial charge is 0.227 e. The Morgan fingerprint density at radius 3 is 2.43 bits per heavy atom. The van der Waals surface area contributed by atoms with Crippen molar-refractivity contribution in [2.75, 3.05) is 0 Å². The van der Waals surface area contributed by atoms with Crippen LogP contribution in [0.1, 0.15) is 50.8 Å². The van der Waals surface area contributed by atoms with Gasteiger partial charge in [0.25, 0.3) is 0 Å². The van der Waals surface area contributed by atoms with Crippen LogP contribution in [0.25, 0.3) is 54.3 Å². The second kappa shape index (κ2) is 8.85. The molecule has 0 N–H and O–H groups in total. The Labute approximate surface area is 223 Å². The number of benzene rings is 3. The molecule has 0 radical (unpaired) electrons. The Bertz CT molecular complexity index is 1780.